The predicted molar refractivity (Wildman–Crippen MR) is 90.9 cm³/mol. The monoisotopic (exact) mass is 332 g/mol. The molecular formula is C17H20N2O3S. The molecule has 5 nitrogen and oxygen atoms in total. The lowest BCUT2D eigenvalue weighted by Gasteiger charge is -2.19. The van der Waals surface area contributed by atoms with Gasteiger partial charge < -0.3 is 5.73 Å². The van der Waals surface area contributed by atoms with Gasteiger partial charge in [0.25, 0.3) is 10.0 Å². The Morgan fingerprint density at radius 2 is 1.48 bits per heavy atom. The molecule has 122 valence electrons. The van der Waals surface area contributed by atoms with Gasteiger partial charge in [0.1, 0.15) is 0 Å². The first-order chi connectivity index (χ1) is 10.6. The van der Waals surface area contributed by atoms with E-state index in [-0.39, 0.29) is 15.9 Å². The second-order valence-electron chi connectivity index (χ2n) is 6.32. The van der Waals surface area contributed by atoms with E-state index in [2.05, 4.69) is 25.5 Å². The van der Waals surface area contributed by atoms with Crippen LogP contribution in [-0.4, -0.2) is 14.3 Å². The zero-order chi connectivity index (χ0) is 17.3. The summed E-state index contributed by atoms with van der Waals surface area (Å²) in [4.78, 5) is 11.1. The van der Waals surface area contributed by atoms with Crippen LogP contribution in [0.2, 0.25) is 0 Å². The minimum atomic E-state index is -3.71. The molecule has 0 fully saturated rings. The van der Waals surface area contributed by atoms with Crippen LogP contribution in [0.1, 0.15) is 36.7 Å². The molecule has 1 amide bonds. The van der Waals surface area contributed by atoms with E-state index in [1.165, 1.54) is 24.3 Å². The van der Waals surface area contributed by atoms with E-state index in [1.807, 2.05) is 12.1 Å². The van der Waals surface area contributed by atoms with Crippen molar-refractivity contribution < 1.29 is 13.2 Å². The molecule has 0 unspecified atom stereocenters. The number of amides is 1. The van der Waals surface area contributed by atoms with Crippen molar-refractivity contribution >= 4 is 21.6 Å². The minimum absolute atomic E-state index is 0.00198. The zero-order valence-electron chi connectivity index (χ0n) is 13.3. The lowest BCUT2D eigenvalue weighted by molar-refractivity contribution is 0.1000. The molecule has 0 heterocycles. The van der Waals surface area contributed by atoms with E-state index in [0.717, 1.165) is 5.56 Å². The largest absolute Gasteiger partial charge is 0.366 e. The zero-order valence-corrected chi connectivity index (χ0v) is 14.1. The molecule has 23 heavy (non-hydrogen) atoms. The van der Waals surface area contributed by atoms with E-state index in [4.69, 9.17) is 5.73 Å². The van der Waals surface area contributed by atoms with Crippen LogP contribution in [0.4, 0.5) is 5.69 Å². The first-order valence-electron chi connectivity index (χ1n) is 7.13. The Bertz CT molecular complexity index is 802. The van der Waals surface area contributed by atoms with E-state index in [9.17, 15) is 13.2 Å². The van der Waals surface area contributed by atoms with Gasteiger partial charge in [0.2, 0.25) is 5.91 Å². The average Bonchev–Trinajstić information content (AvgIpc) is 2.46. The molecule has 2 aromatic carbocycles. The van der Waals surface area contributed by atoms with Crippen molar-refractivity contribution in [1.82, 2.24) is 0 Å². The molecule has 0 atom stereocenters. The number of rotatable bonds is 4. The third-order valence-electron chi connectivity index (χ3n) is 3.45. The molecule has 0 radical (unpaired) electrons. The molecule has 0 aliphatic rings. The third kappa shape index (κ3) is 4.10. The van der Waals surface area contributed by atoms with Crippen molar-refractivity contribution in [3.8, 4) is 0 Å². The molecule has 0 saturated heterocycles. The van der Waals surface area contributed by atoms with Gasteiger partial charge in [-0.15, -0.1) is 0 Å². The number of sulfonamides is 1. The van der Waals surface area contributed by atoms with Gasteiger partial charge in [-0.25, -0.2) is 8.42 Å². The summed E-state index contributed by atoms with van der Waals surface area (Å²) < 4.78 is 27.2. The number of carbonyl (C=O) groups is 1. The first kappa shape index (κ1) is 17.0. The van der Waals surface area contributed by atoms with Gasteiger partial charge in [-0.2, -0.15) is 0 Å². The topological polar surface area (TPSA) is 89.3 Å². The summed E-state index contributed by atoms with van der Waals surface area (Å²) >= 11 is 0. The normalized spacial score (nSPS) is 12.0. The van der Waals surface area contributed by atoms with Crippen LogP contribution in [0.25, 0.3) is 0 Å². The summed E-state index contributed by atoms with van der Waals surface area (Å²) in [6.07, 6.45) is 0. The third-order valence-corrected chi connectivity index (χ3v) is 4.85. The highest BCUT2D eigenvalue weighted by atomic mass is 32.2. The van der Waals surface area contributed by atoms with Crippen molar-refractivity contribution in [2.45, 2.75) is 31.1 Å². The molecule has 2 rings (SSSR count). The predicted octanol–water partition coefficient (Wildman–Crippen LogP) is 2.88. The Labute approximate surface area is 136 Å². The summed E-state index contributed by atoms with van der Waals surface area (Å²) in [5, 5.41) is 0. The number of nitrogens with one attached hydrogen (secondary N) is 1. The fourth-order valence-electron chi connectivity index (χ4n) is 2.05. The Morgan fingerprint density at radius 3 is 1.91 bits per heavy atom. The van der Waals surface area contributed by atoms with Crippen LogP contribution < -0.4 is 10.5 Å². The van der Waals surface area contributed by atoms with Crippen molar-refractivity contribution in [3.05, 3.63) is 59.7 Å². The highest BCUT2D eigenvalue weighted by Gasteiger charge is 2.16. The van der Waals surface area contributed by atoms with Gasteiger partial charge >= 0.3 is 0 Å². The Hall–Kier alpha value is -2.34. The SMILES string of the molecule is CC(C)(C)c1ccc(NS(=O)(=O)c2ccc(C(N)=O)cc2)cc1. The van der Waals surface area contributed by atoms with Gasteiger partial charge in [0.15, 0.2) is 0 Å². The number of hydrogen-bond donors (Lipinski definition) is 2. The number of carbonyl (C=O) groups excluding carboxylic acids is 1. The molecule has 0 spiro atoms. The van der Waals surface area contributed by atoms with Crippen LogP contribution in [-0.2, 0) is 15.4 Å². The molecule has 0 aliphatic carbocycles. The Balaban J connectivity index is 2.22. The number of nitrogens with two attached hydrogens (primary N) is 1. The maximum Gasteiger partial charge on any atom is 0.261 e. The van der Waals surface area contributed by atoms with Gasteiger partial charge in [-0.05, 0) is 47.4 Å². The standard InChI is InChI=1S/C17H20N2O3S/c1-17(2,3)13-6-8-14(9-7-13)19-23(21,22)15-10-4-12(5-11-15)16(18)20/h4-11,19H,1-3H3,(H2,18,20). The lowest BCUT2D eigenvalue weighted by Crippen LogP contribution is -2.15. The second-order valence-corrected chi connectivity index (χ2v) is 8.00. The lowest BCUT2D eigenvalue weighted by atomic mass is 9.87. The van der Waals surface area contributed by atoms with Crippen LogP contribution in [0.15, 0.2) is 53.4 Å². The smallest absolute Gasteiger partial charge is 0.261 e. The summed E-state index contributed by atoms with van der Waals surface area (Å²) in [7, 11) is -3.71. The number of benzene rings is 2. The number of hydrogen-bond acceptors (Lipinski definition) is 3. The Morgan fingerprint density at radius 1 is 0.957 bits per heavy atom. The molecule has 0 bridgehead atoms. The average molecular weight is 332 g/mol. The van der Waals surface area contributed by atoms with Crippen molar-refractivity contribution in [2.24, 2.45) is 5.73 Å². The van der Waals surface area contributed by atoms with E-state index < -0.39 is 15.9 Å². The number of primary amides is 1. The van der Waals surface area contributed by atoms with E-state index in [1.54, 1.807) is 12.1 Å². The molecular weight excluding hydrogens is 312 g/mol. The molecule has 0 saturated carbocycles. The first-order valence-corrected chi connectivity index (χ1v) is 8.61. The second kappa shape index (κ2) is 6.04. The highest BCUT2D eigenvalue weighted by molar-refractivity contribution is 7.92. The Kier molecular flexibility index (Phi) is 4.47. The fourth-order valence-corrected chi connectivity index (χ4v) is 3.11. The molecule has 0 aromatic heterocycles. The summed E-state index contributed by atoms with van der Waals surface area (Å²) in [5.74, 6) is -0.598. The molecule has 3 N–H and O–H groups in total. The van der Waals surface area contributed by atoms with Crippen LogP contribution >= 0.6 is 0 Å². The van der Waals surface area contributed by atoms with Crippen LogP contribution in [0, 0.1) is 0 Å². The molecule has 6 heteroatoms. The van der Waals surface area contributed by atoms with Crippen molar-refractivity contribution in [3.63, 3.8) is 0 Å². The quantitative estimate of drug-likeness (QED) is 0.902. The van der Waals surface area contributed by atoms with E-state index in [0.29, 0.717) is 5.69 Å². The van der Waals surface area contributed by atoms with Gasteiger partial charge in [-0.3, -0.25) is 9.52 Å². The van der Waals surface area contributed by atoms with Crippen molar-refractivity contribution in [2.75, 3.05) is 4.72 Å². The fraction of sp³-hybridized carbons (Fsp3) is 0.235. The summed E-state index contributed by atoms with van der Waals surface area (Å²) in [6.45, 7) is 6.27. The van der Waals surface area contributed by atoms with Crippen LogP contribution in [0.3, 0.4) is 0 Å². The molecule has 0 aliphatic heterocycles. The minimum Gasteiger partial charge on any atom is -0.366 e. The van der Waals surface area contributed by atoms with E-state index >= 15 is 0 Å². The van der Waals surface area contributed by atoms with Gasteiger partial charge in [0, 0.05) is 11.3 Å². The maximum atomic E-state index is 12.3. The van der Waals surface area contributed by atoms with Crippen LogP contribution in [0.5, 0.6) is 0 Å². The molecule has 2 aromatic rings. The maximum absolute atomic E-state index is 12.3. The summed E-state index contributed by atoms with van der Waals surface area (Å²) in [5.41, 5.74) is 7.01. The van der Waals surface area contributed by atoms with Gasteiger partial charge in [0.05, 0.1) is 4.90 Å². The highest BCUT2D eigenvalue weighted by Crippen LogP contribution is 2.24. The van der Waals surface area contributed by atoms with Gasteiger partial charge in [-0.1, -0.05) is 32.9 Å². The number of anilines is 1. The van der Waals surface area contributed by atoms with Crippen molar-refractivity contribution in [1.29, 1.82) is 0 Å². The summed E-state index contributed by atoms with van der Waals surface area (Å²) in [6, 6.07) is 12.7.